The van der Waals surface area contributed by atoms with Crippen molar-refractivity contribution in [3.63, 3.8) is 0 Å². The molecule has 0 bridgehead atoms. The monoisotopic (exact) mass is 563 g/mol. The molecule has 3 aromatic rings. The first-order chi connectivity index (χ1) is 19.5. The topological polar surface area (TPSA) is 164 Å². The van der Waals surface area contributed by atoms with Crippen molar-refractivity contribution in [2.24, 2.45) is 0 Å². The van der Waals surface area contributed by atoms with E-state index in [-0.39, 0.29) is 29.6 Å². The van der Waals surface area contributed by atoms with Crippen LogP contribution in [0.15, 0.2) is 59.7 Å². The highest BCUT2D eigenvalue weighted by atomic mass is 16.6. The second-order valence-corrected chi connectivity index (χ2v) is 9.56. The Kier molecular flexibility index (Phi) is 8.75. The van der Waals surface area contributed by atoms with Crippen molar-refractivity contribution in [1.82, 2.24) is 9.97 Å². The van der Waals surface area contributed by atoms with Crippen molar-refractivity contribution in [3.05, 3.63) is 76.3 Å². The normalized spacial score (nSPS) is 15.5. The van der Waals surface area contributed by atoms with Gasteiger partial charge in [0.25, 0.3) is 11.5 Å². The summed E-state index contributed by atoms with van der Waals surface area (Å²) in [6.45, 7) is 5.68. The molecule has 214 valence electrons. The lowest BCUT2D eigenvalue weighted by molar-refractivity contribution is -0.688. The summed E-state index contributed by atoms with van der Waals surface area (Å²) in [5, 5.41) is 5.42. The van der Waals surface area contributed by atoms with Crippen molar-refractivity contribution in [2.45, 2.75) is 52.5 Å². The zero-order valence-electron chi connectivity index (χ0n) is 23.0. The predicted molar refractivity (Wildman–Crippen MR) is 147 cm³/mol. The van der Waals surface area contributed by atoms with Crippen molar-refractivity contribution in [3.8, 4) is 0 Å². The zero-order valence-corrected chi connectivity index (χ0v) is 23.0. The number of esters is 2. The van der Waals surface area contributed by atoms with Gasteiger partial charge in [0.15, 0.2) is 36.5 Å². The molecule has 0 saturated carbocycles. The van der Waals surface area contributed by atoms with Crippen molar-refractivity contribution in [2.75, 3.05) is 22.1 Å². The molecule has 0 spiro atoms. The molecule has 3 atom stereocenters. The molecule has 1 aliphatic rings. The standard InChI is InChI=1S/C28H30N6O7/c1-16(40-18(3)36)24(41-19(4)37)22-13-29-25-23(26(38)32-28(31-25)30-17(2)35)34(22)27(39)21-11-8-12-33(15-21)14-20-9-6-5-7-10-20/h5-12,15-16,22,24H,13-14H2,1-4H3,(H2-,29,30,31,32,35,38)/p+1/t16-,22-,24-/m1/s1. The molecule has 0 unspecified atom stereocenters. The Morgan fingerprint density at radius 2 is 1.78 bits per heavy atom. The van der Waals surface area contributed by atoms with Gasteiger partial charge < -0.3 is 14.8 Å². The third-order valence-corrected chi connectivity index (χ3v) is 6.27. The van der Waals surface area contributed by atoms with Crippen LogP contribution in [0.5, 0.6) is 0 Å². The number of aromatic nitrogens is 3. The quantitative estimate of drug-likeness (QED) is 0.271. The lowest BCUT2D eigenvalue weighted by Gasteiger charge is -2.41. The summed E-state index contributed by atoms with van der Waals surface area (Å²) < 4.78 is 12.7. The van der Waals surface area contributed by atoms with Crippen LogP contribution < -0.4 is 25.7 Å². The van der Waals surface area contributed by atoms with E-state index in [1.165, 1.54) is 32.6 Å². The van der Waals surface area contributed by atoms with Gasteiger partial charge in [-0.3, -0.25) is 39.2 Å². The van der Waals surface area contributed by atoms with E-state index in [1.807, 2.05) is 41.1 Å². The zero-order chi connectivity index (χ0) is 29.7. The van der Waals surface area contributed by atoms with Crippen molar-refractivity contribution < 1.29 is 33.2 Å². The number of aromatic amines is 1. The van der Waals surface area contributed by atoms with E-state index < -0.39 is 47.6 Å². The van der Waals surface area contributed by atoms with Crippen LogP contribution in [0.4, 0.5) is 17.5 Å². The molecule has 1 aliphatic heterocycles. The summed E-state index contributed by atoms with van der Waals surface area (Å²) in [5.41, 5.74) is 0.391. The van der Waals surface area contributed by atoms with E-state index in [1.54, 1.807) is 18.3 Å². The van der Waals surface area contributed by atoms with E-state index >= 15 is 0 Å². The maximum atomic E-state index is 14.2. The number of benzene rings is 1. The van der Waals surface area contributed by atoms with Crippen molar-refractivity contribution in [1.29, 1.82) is 0 Å². The molecular formula is C28H31N6O7+. The van der Waals surface area contributed by atoms with Gasteiger partial charge in [-0.15, -0.1) is 0 Å². The molecular weight excluding hydrogens is 532 g/mol. The number of hydrogen-bond donors (Lipinski definition) is 3. The van der Waals surface area contributed by atoms with Gasteiger partial charge in [0.1, 0.15) is 11.7 Å². The number of pyridine rings is 1. The first-order valence-electron chi connectivity index (χ1n) is 12.9. The number of carbonyl (C=O) groups excluding carboxylic acids is 4. The van der Waals surface area contributed by atoms with Crippen LogP contribution in [0.25, 0.3) is 0 Å². The third kappa shape index (κ3) is 6.93. The van der Waals surface area contributed by atoms with E-state index in [0.717, 1.165) is 5.56 Å². The molecule has 0 radical (unpaired) electrons. The van der Waals surface area contributed by atoms with Crippen LogP contribution in [0.3, 0.4) is 0 Å². The predicted octanol–water partition coefficient (Wildman–Crippen LogP) is 1.39. The highest BCUT2D eigenvalue weighted by molar-refractivity contribution is 6.08. The maximum absolute atomic E-state index is 14.2. The van der Waals surface area contributed by atoms with Gasteiger partial charge in [-0.25, -0.2) is 0 Å². The minimum absolute atomic E-state index is 0.0187. The van der Waals surface area contributed by atoms with Gasteiger partial charge in [0.05, 0.1) is 6.04 Å². The SMILES string of the molecule is CC(=O)Nc1nc2c(c(=O)[nH]1)N(C(=O)c1ccc[n+](Cc3ccccc3)c1)[C@@H]([C@H](OC(C)=O)[C@@H](C)OC(C)=O)CN2. The smallest absolute Gasteiger partial charge is 0.303 e. The summed E-state index contributed by atoms with van der Waals surface area (Å²) in [4.78, 5) is 71.0. The number of hydrogen-bond acceptors (Lipinski definition) is 9. The van der Waals surface area contributed by atoms with Crippen LogP contribution in [0.2, 0.25) is 0 Å². The minimum atomic E-state index is -1.14. The molecule has 3 N–H and O–H groups in total. The summed E-state index contributed by atoms with van der Waals surface area (Å²) in [6.07, 6.45) is 1.35. The van der Waals surface area contributed by atoms with Gasteiger partial charge in [0.2, 0.25) is 11.9 Å². The molecule has 0 saturated heterocycles. The van der Waals surface area contributed by atoms with Gasteiger partial charge >= 0.3 is 11.9 Å². The maximum Gasteiger partial charge on any atom is 0.303 e. The molecule has 13 heteroatoms. The molecule has 1 aromatic carbocycles. The lowest BCUT2D eigenvalue weighted by Crippen LogP contribution is -2.59. The number of amides is 2. The van der Waals surface area contributed by atoms with Crippen LogP contribution >= 0.6 is 0 Å². The molecule has 3 heterocycles. The van der Waals surface area contributed by atoms with Crippen LogP contribution in [-0.4, -0.2) is 58.5 Å². The fourth-order valence-electron chi connectivity index (χ4n) is 4.70. The molecule has 13 nitrogen and oxygen atoms in total. The number of H-pyrrole nitrogens is 1. The minimum Gasteiger partial charge on any atom is -0.459 e. The molecule has 2 amide bonds. The average molecular weight is 564 g/mol. The highest BCUT2D eigenvalue weighted by Crippen LogP contribution is 2.31. The van der Waals surface area contributed by atoms with E-state index in [4.69, 9.17) is 9.47 Å². The number of anilines is 3. The Morgan fingerprint density at radius 3 is 2.44 bits per heavy atom. The van der Waals surface area contributed by atoms with E-state index in [0.29, 0.717) is 6.54 Å². The number of nitrogens with zero attached hydrogens (tertiary/aromatic N) is 3. The Labute approximate surface area is 235 Å². The van der Waals surface area contributed by atoms with Crippen molar-refractivity contribution >= 4 is 41.2 Å². The fourth-order valence-corrected chi connectivity index (χ4v) is 4.70. The van der Waals surface area contributed by atoms with E-state index in [2.05, 4.69) is 20.6 Å². The highest BCUT2D eigenvalue weighted by Gasteiger charge is 2.44. The second kappa shape index (κ2) is 12.4. The number of carbonyl (C=O) groups is 4. The van der Waals surface area contributed by atoms with Gasteiger partial charge in [-0.2, -0.15) is 9.55 Å². The lowest BCUT2D eigenvalue weighted by atomic mass is 10.00. The molecule has 41 heavy (non-hydrogen) atoms. The molecule has 0 fully saturated rings. The second-order valence-electron chi connectivity index (χ2n) is 9.56. The Hall–Kier alpha value is -5.07. The average Bonchev–Trinajstić information content (AvgIpc) is 2.90. The summed E-state index contributed by atoms with van der Waals surface area (Å²) in [5.74, 6) is -2.37. The fraction of sp³-hybridized carbons (Fsp3) is 0.321. The molecule has 4 rings (SSSR count). The summed E-state index contributed by atoms with van der Waals surface area (Å²) in [6, 6.07) is 12.0. The van der Waals surface area contributed by atoms with Gasteiger partial charge in [-0.1, -0.05) is 30.3 Å². The first kappa shape index (κ1) is 28.9. The number of fused-ring (bicyclic) bond motifs is 1. The van der Waals surface area contributed by atoms with Crippen LogP contribution in [-0.2, 0) is 30.4 Å². The van der Waals surface area contributed by atoms with Gasteiger partial charge in [0, 0.05) is 38.9 Å². The Bertz CT molecular complexity index is 1520. The Balaban J connectivity index is 1.81. The first-order valence-corrected chi connectivity index (χ1v) is 12.9. The van der Waals surface area contributed by atoms with Crippen LogP contribution in [0, 0.1) is 0 Å². The molecule has 2 aromatic heterocycles. The van der Waals surface area contributed by atoms with E-state index in [9.17, 15) is 24.0 Å². The third-order valence-electron chi connectivity index (χ3n) is 6.27. The largest absolute Gasteiger partial charge is 0.459 e. The Morgan fingerprint density at radius 1 is 1.07 bits per heavy atom. The summed E-state index contributed by atoms with van der Waals surface area (Å²) >= 11 is 0. The number of rotatable bonds is 8. The molecule has 0 aliphatic carbocycles. The van der Waals surface area contributed by atoms with Crippen LogP contribution in [0.1, 0.15) is 43.6 Å². The van der Waals surface area contributed by atoms with Gasteiger partial charge in [-0.05, 0) is 13.0 Å². The number of nitrogens with one attached hydrogen (secondary N) is 3. The number of ether oxygens (including phenoxy) is 2. The summed E-state index contributed by atoms with van der Waals surface area (Å²) in [7, 11) is 0.